The Kier molecular flexibility index (Phi) is 2.77. The maximum absolute atomic E-state index is 11.6. The first kappa shape index (κ1) is 10.5. The van der Waals surface area contributed by atoms with Crippen LogP contribution in [0.15, 0.2) is 41.3 Å². The first-order chi connectivity index (χ1) is 7.72. The van der Waals surface area contributed by atoms with Gasteiger partial charge in [-0.3, -0.25) is 4.79 Å². The highest BCUT2D eigenvalue weighted by molar-refractivity contribution is 5.63. The molecule has 0 amide bonds. The van der Waals surface area contributed by atoms with Gasteiger partial charge in [0.15, 0.2) is 5.75 Å². The molecule has 0 aliphatic heterocycles. The van der Waals surface area contributed by atoms with E-state index in [2.05, 4.69) is 6.07 Å². The van der Waals surface area contributed by atoms with Gasteiger partial charge in [-0.2, -0.15) is 0 Å². The monoisotopic (exact) mass is 214 g/mol. The molecule has 1 heterocycles. The zero-order valence-corrected chi connectivity index (χ0v) is 9.23. The predicted octanol–water partition coefficient (Wildman–Crippen LogP) is 1.86. The predicted molar refractivity (Wildman–Crippen MR) is 62.5 cm³/mol. The molecule has 0 N–H and O–H groups in total. The molecule has 1 radical (unpaired) electrons. The smallest absolute Gasteiger partial charge is 0.292 e. The summed E-state index contributed by atoms with van der Waals surface area (Å²) in [7, 11) is 3.21. The van der Waals surface area contributed by atoms with Gasteiger partial charge in [0.2, 0.25) is 0 Å². The zero-order chi connectivity index (χ0) is 11.5. The van der Waals surface area contributed by atoms with Crippen LogP contribution in [0.5, 0.6) is 5.75 Å². The molecule has 1 aromatic heterocycles. The number of pyridine rings is 1. The maximum Gasteiger partial charge on any atom is 0.292 e. The summed E-state index contributed by atoms with van der Waals surface area (Å²) in [5, 5.41) is 0. The number of aryl methyl sites for hydroxylation is 1. The molecule has 3 heteroatoms. The fourth-order valence-corrected chi connectivity index (χ4v) is 1.56. The second-order valence-corrected chi connectivity index (χ2v) is 3.51. The van der Waals surface area contributed by atoms with E-state index in [0.29, 0.717) is 5.75 Å². The van der Waals surface area contributed by atoms with E-state index in [1.807, 2.05) is 24.3 Å². The second-order valence-electron chi connectivity index (χ2n) is 3.51. The van der Waals surface area contributed by atoms with Gasteiger partial charge in [-0.25, -0.2) is 0 Å². The summed E-state index contributed by atoms with van der Waals surface area (Å²) >= 11 is 0. The Labute approximate surface area is 93.9 Å². The van der Waals surface area contributed by atoms with Crippen LogP contribution in [0.25, 0.3) is 11.1 Å². The molecule has 16 heavy (non-hydrogen) atoms. The first-order valence-electron chi connectivity index (χ1n) is 4.93. The number of hydrogen-bond acceptors (Lipinski definition) is 2. The fourth-order valence-electron chi connectivity index (χ4n) is 1.56. The van der Waals surface area contributed by atoms with Crippen LogP contribution in [0.2, 0.25) is 0 Å². The Bertz CT molecular complexity index is 544. The Morgan fingerprint density at radius 2 is 2.19 bits per heavy atom. The summed E-state index contributed by atoms with van der Waals surface area (Å²) in [4.78, 5) is 11.6. The second kappa shape index (κ2) is 4.23. The molecule has 2 aromatic rings. The van der Waals surface area contributed by atoms with Crippen molar-refractivity contribution in [2.45, 2.75) is 0 Å². The minimum absolute atomic E-state index is 0.133. The number of ether oxygens (including phenoxy) is 1. The van der Waals surface area contributed by atoms with E-state index in [1.165, 1.54) is 11.7 Å². The highest BCUT2D eigenvalue weighted by Crippen LogP contribution is 2.20. The molecule has 0 bridgehead atoms. The maximum atomic E-state index is 11.6. The van der Waals surface area contributed by atoms with Crippen molar-refractivity contribution < 1.29 is 4.74 Å². The normalized spacial score (nSPS) is 10.1. The molecule has 1 aromatic carbocycles. The number of aromatic nitrogens is 1. The van der Waals surface area contributed by atoms with E-state index < -0.39 is 0 Å². The van der Waals surface area contributed by atoms with E-state index in [1.54, 1.807) is 19.3 Å². The SMILES string of the molecule is COc1cc(-c2c[c]ccc2)cn(C)c1=O. The van der Waals surface area contributed by atoms with Crippen LogP contribution >= 0.6 is 0 Å². The molecule has 0 atom stereocenters. The van der Waals surface area contributed by atoms with Crippen LogP contribution < -0.4 is 10.3 Å². The average Bonchev–Trinajstić information content (AvgIpc) is 2.33. The van der Waals surface area contributed by atoms with Gasteiger partial charge in [0.1, 0.15) is 0 Å². The molecule has 81 valence electrons. The van der Waals surface area contributed by atoms with Gasteiger partial charge >= 0.3 is 0 Å². The molecule has 3 nitrogen and oxygen atoms in total. The van der Waals surface area contributed by atoms with E-state index in [0.717, 1.165) is 11.1 Å². The Morgan fingerprint density at radius 1 is 1.38 bits per heavy atom. The Morgan fingerprint density at radius 3 is 2.81 bits per heavy atom. The van der Waals surface area contributed by atoms with Crippen LogP contribution in [-0.4, -0.2) is 11.7 Å². The fraction of sp³-hybridized carbons (Fsp3) is 0.154. The number of hydrogen-bond donors (Lipinski definition) is 0. The lowest BCUT2D eigenvalue weighted by Gasteiger charge is -2.07. The van der Waals surface area contributed by atoms with Gasteiger partial charge in [-0.05, 0) is 23.8 Å². The topological polar surface area (TPSA) is 31.2 Å². The molecular formula is C13H12NO2. The van der Waals surface area contributed by atoms with Crippen LogP contribution in [0.4, 0.5) is 0 Å². The lowest BCUT2D eigenvalue weighted by molar-refractivity contribution is 0.405. The molecule has 0 aliphatic rings. The van der Waals surface area contributed by atoms with Crippen LogP contribution in [0.1, 0.15) is 0 Å². The number of rotatable bonds is 2. The summed E-state index contributed by atoms with van der Waals surface area (Å²) in [6.45, 7) is 0. The highest BCUT2D eigenvalue weighted by atomic mass is 16.5. The van der Waals surface area contributed by atoms with E-state index >= 15 is 0 Å². The third-order valence-corrected chi connectivity index (χ3v) is 2.41. The quantitative estimate of drug-likeness (QED) is 0.764. The van der Waals surface area contributed by atoms with Crippen molar-refractivity contribution in [2.75, 3.05) is 7.11 Å². The third-order valence-electron chi connectivity index (χ3n) is 2.41. The highest BCUT2D eigenvalue weighted by Gasteiger charge is 2.05. The van der Waals surface area contributed by atoms with Crippen LogP contribution in [0, 0.1) is 6.07 Å². The Balaban J connectivity index is 2.60. The van der Waals surface area contributed by atoms with Crippen molar-refractivity contribution in [1.29, 1.82) is 0 Å². The van der Waals surface area contributed by atoms with E-state index in [-0.39, 0.29) is 5.56 Å². The van der Waals surface area contributed by atoms with Gasteiger partial charge < -0.3 is 9.30 Å². The summed E-state index contributed by atoms with van der Waals surface area (Å²) in [6.07, 6.45) is 1.79. The summed E-state index contributed by atoms with van der Waals surface area (Å²) in [5.74, 6) is 0.351. The molecule has 2 rings (SSSR count). The average molecular weight is 214 g/mol. The molecular weight excluding hydrogens is 202 g/mol. The molecule has 0 saturated heterocycles. The minimum Gasteiger partial charge on any atom is -0.491 e. The van der Waals surface area contributed by atoms with Crippen molar-refractivity contribution in [3.8, 4) is 16.9 Å². The summed E-state index contributed by atoms with van der Waals surface area (Å²) < 4.78 is 6.56. The first-order valence-corrected chi connectivity index (χ1v) is 4.93. The summed E-state index contributed by atoms with van der Waals surface area (Å²) in [5.41, 5.74) is 1.82. The van der Waals surface area contributed by atoms with Crippen molar-refractivity contribution in [1.82, 2.24) is 4.57 Å². The minimum atomic E-state index is -0.133. The third kappa shape index (κ3) is 1.84. The molecule has 0 aliphatic carbocycles. The lowest BCUT2D eigenvalue weighted by atomic mass is 10.1. The molecule has 0 spiro atoms. The van der Waals surface area contributed by atoms with Crippen molar-refractivity contribution >= 4 is 0 Å². The molecule has 0 saturated carbocycles. The summed E-state index contributed by atoms with van der Waals surface area (Å²) in [6, 6.07) is 12.3. The van der Waals surface area contributed by atoms with Crippen molar-refractivity contribution in [2.24, 2.45) is 7.05 Å². The van der Waals surface area contributed by atoms with Crippen LogP contribution in [-0.2, 0) is 7.05 Å². The number of nitrogens with zero attached hydrogens (tertiary/aromatic N) is 1. The number of methoxy groups -OCH3 is 1. The Hall–Kier alpha value is -2.03. The lowest BCUT2D eigenvalue weighted by Crippen LogP contribution is -2.17. The van der Waals surface area contributed by atoms with Crippen molar-refractivity contribution in [3.05, 3.63) is 52.9 Å². The van der Waals surface area contributed by atoms with Gasteiger partial charge in [0.25, 0.3) is 5.56 Å². The zero-order valence-electron chi connectivity index (χ0n) is 9.23. The van der Waals surface area contributed by atoms with Gasteiger partial charge in [0.05, 0.1) is 7.11 Å². The van der Waals surface area contributed by atoms with Gasteiger partial charge in [0, 0.05) is 18.8 Å². The van der Waals surface area contributed by atoms with Gasteiger partial charge in [-0.1, -0.05) is 18.2 Å². The largest absolute Gasteiger partial charge is 0.491 e. The standard InChI is InChI=1S/C13H12NO2/c1-14-9-11(8-12(16-2)13(14)15)10-6-4-3-5-7-10/h3-4,6-9H,1-2H3. The van der Waals surface area contributed by atoms with E-state index in [4.69, 9.17) is 4.74 Å². The van der Waals surface area contributed by atoms with Crippen molar-refractivity contribution in [3.63, 3.8) is 0 Å². The van der Waals surface area contributed by atoms with Crippen LogP contribution in [0.3, 0.4) is 0 Å². The number of benzene rings is 1. The molecule has 0 fully saturated rings. The molecule has 0 unspecified atom stereocenters. The van der Waals surface area contributed by atoms with E-state index in [9.17, 15) is 4.79 Å². The van der Waals surface area contributed by atoms with Gasteiger partial charge in [-0.15, -0.1) is 0 Å².